The lowest BCUT2D eigenvalue weighted by Crippen LogP contribution is -2.08. The fraction of sp³-hybridized carbons (Fsp3) is 0.0870. The van der Waals surface area contributed by atoms with Gasteiger partial charge in [-0.1, -0.05) is 12.1 Å². The number of nitriles is 1. The predicted octanol–water partition coefficient (Wildman–Crippen LogP) is 4.38. The molecule has 0 atom stereocenters. The van der Waals surface area contributed by atoms with Crippen molar-refractivity contribution in [2.75, 3.05) is 14.2 Å². The van der Waals surface area contributed by atoms with E-state index in [0.717, 1.165) is 0 Å². The van der Waals surface area contributed by atoms with Crippen molar-refractivity contribution in [3.8, 4) is 17.6 Å². The van der Waals surface area contributed by atoms with Crippen LogP contribution in [-0.2, 0) is 0 Å². The predicted molar refractivity (Wildman–Crippen MR) is 114 cm³/mol. The first-order valence-electron chi connectivity index (χ1n) is 9.40. The zero-order valence-corrected chi connectivity index (χ0v) is 16.4. The number of aromatic nitrogens is 2. The summed E-state index contributed by atoms with van der Waals surface area (Å²) in [5, 5.41) is 10.8. The summed E-state index contributed by atoms with van der Waals surface area (Å²) >= 11 is 0. The summed E-state index contributed by atoms with van der Waals surface area (Å²) in [6.45, 7) is 0. The molecule has 31 heavy (non-hydrogen) atoms. The second kappa shape index (κ2) is 6.00. The Morgan fingerprint density at radius 2 is 1.87 bits per heavy atom. The molecule has 150 valence electrons. The normalized spacial score (nSPS) is 11.6. The van der Waals surface area contributed by atoms with Crippen LogP contribution >= 0.6 is 0 Å². The monoisotopic (exact) mass is 411 g/mol. The van der Waals surface area contributed by atoms with Crippen LogP contribution in [0.4, 0.5) is 0 Å². The number of fused-ring (bicyclic) bond motifs is 7. The molecular formula is C23H13N3O5. The van der Waals surface area contributed by atoms with Crippen LogP contribution in [0.1, 0.15) is 5.56 Å². The maximum atomic E-state index is 13.7. The maximum absolute atomic E-state index is 13.7. The van der Waals surface area contributed by atoms with Gasteiger partial charge in [0.2, 0.25) is 16.9 Å². The van der Waals surface area contributed by atoms with Gasteiger partial charge in [0.15, 0.2) is 16.8 Å². The molecule has 0 aliphatic heterocycles. The van der Waals surface area contributed by atoms with Crippen LogP contribution in [0.2, 0.25) is 0 Å². The molecule has 0 saturated carbocycles. The first-order chi connectivity index (χ1) is 15.2. The summed E-state index contributed by atoms with van der Waals surface area (Å²) in [7, 11) is 2.96. The highest BCUT2D eigenvalue weighted by Gasteiger charge is 2.25. The lowest BCUT2D eigenvalue weighted by Gasteiger charge is -2.12. The van der Waals surface area contributed by atoms with Crippen LogP contribution in [0.5, 0.6) is 11.5 Å². The molecule has 4 aromatic heterocycles. The quantitative estimate of drug-likeness (QED) is 0.390. The number of rotatable bonds is 2. The standard InChI is InChI=1S/C23H13N3O5/c1-28-18-12-7-8-30-19(12)21(29-2)20-16(18)17(27)13-9-11(10-24)22-25-14-5-3-4-6-15(14)26(22)23(13)31-20/h3-9H,1-2H3. The molecule has 0 N–H and O–H groups in total. The second-order valence-corrected chi connectivity index (χ2v) is 7.01. The molecule has 6 aromatic rings. The van der Waals surface area contributed by atoms with E-state index in [1.54, 1.807) is 10.5 Å². The average molecular weight is 411 g/mol. The Kier molecular flexibility index (Phi) is 3.36. The highest BCUT2D eigenvalue weighted by atomic mass is 16.5. The molecule has 0 spiro atoms. The Bertz CT molecular complexity index is 1800. The van der Waals surface area contributed by atoms with Crippen LogP contribution in [0.15, 0.2) is 56.3 Å². The Labute approximate surface area is 173 Å². The summed E-state index contributed by atoms with van der Waals surface area (Å²) in [6.07, 6.45) is 1.49. The third kappa shape index (κ3) is 2.07. The molecule has 0 fully saturated rings. The summed E-state index contributed by atoms with van der Waals surface area (Å²) in [5.41, 5.74) is 2.59. The topological polar surface area (TPSA) is 103 Å². The number of methoxy groups -OCH3 is 2. The lowest BCUT2D eigenvalue weighted by molar-refractivity contribution is 0.402. The SMILES string of the molecule is COc1c2occc2c(OC)c2c(=O)c3cc(C#N)c4nc5ccccc5n4c3oc12. The molecule has 2 aromatic carbocycles. The van der Waals surface area contributed by atoms with Crippen LogP contribution in [0, 0.1) is 11.3 Å². The van der Waals surface area contributed by atoms with Crippen molar-refractivity contribution < 1.29 is 18.3 Å². The van der Waals surface area contributed by atoms with E-state index < -0.39 is 0 Å². The van der Waals surface area contributed by atoms with Gasteiger partial charge >= 0.3 is 0 Å². The van der Waals surface area contributed by atoms with Gasteiger partial charge in [-0.3, -0.25) is 9.20 Å². The van der Waals surface area contributed by atoms with Gasteiger partial charge in [-0.15, -0.1) is 0 Å². The van der Waals surface area contributed by atoms with Gasteiger partial charge in [0.1, 0.15) is 17.2 Å². The zero-order chi connectivity index (χ0) is 21.3. The van der Waals surface area contributed by atoms with E-state index in [9.17, 15) is 10.1 Å². The number of hydrogen-bond donors (Lipinski definition) is 0. The number of furan rings is 1. The molecule has 6 rings (SSSR count). The van der Waals surface area contributed by atoms with Crippen molar-refractivity contribution in [1.29, 1.82) is 5.26 Å². The minimum Gasteiger partial charge on any atom is -0.495 e. The Balaban J connectivity index is 1.98. The third-order valence-corrected chi connectivity index (χ3v) is 5.50. The van der Waals surface area contributed by atoms with E-state index in [2.05, 4.69) is 11.1 Å². The van der Waals surface area contributed by atoms with E-state index in [-0.39, 0.29) is 38.8 Å². The summed E-state index contributed by atoms with van der Waals surface area (Å²) in [5.74, 6) is 0.612. The highest BCUT2D eigenvalue weighted by molar-refractivity contribution is 6.09. The van der Waals surface area contributed by atoms with Gasteiger partial charge in [0, 0.05) is 0 Å². The van der Waals surface area contributed by atoms with Gasteiger partial charge in [-0.2, -0.15) is 5.26 Å². The number of nitrogens with zero attached hydrogens (tertiary/aromatic N) is 3. The van der Waals surface area contributed by atoms with Gasteiger partial charge in [0.25, 0.3) is 0 Å². The Morgan fingerprint density at radius 1 is 1.06 bits per heavy atom. The van der Waals surface area contributed by atoms with Crippen molar-refractivity contribution in [3.63, 3.8) is 0 Å². The average Bonchev–Trinajstić information content (AvgIpc) is 3.42. The third-order valence-electron chi connectivity index (χ3n) is 5.50. The van der Waals surface area contributed by atoms with Crippen LogP contribution in [-0.4, -0.2) is 23.6 Å². The molecule has 8 heteroatoms. The molecule has 8 nitrogen and oxygen atoms in total. The molecule has 4 heterocycles. The van der Waals surface area contributed by atoms with Crippen molar-refractivity contribution in [2.45, 2.75) is 0 Å². The molecular weight excluding hydrogens is 398 g/mol. The van der Waals surface area contributed by atoms with E-state index in [4.69, 9.17) is 18.3 Å². The number of imidazole rings is 1. The molecule has 0 radical (unpaired) electrons. The molecule has 0 amide bonds. The lowest BCUT2D eigenvalue weighted by atomic mass is 10.1. The Morgan fingerprint density at radius 3 is 2.65 bits per heavy atom. The van der Waals surface area contributed by atoms with Gasteiger partial charge in [0.05, 0.1) is 47.9 Å². The first kappa shape index (κ1) is 17.4. The largest absolute Gasteiger partial charge is 0.495 e. The van der Waals surface area contributed by atoms with Crippen LogP contribution in [0.3, 0.4) is 0 Å². The van der Waals surface area contributed by atoms with Gasteiger partial charge in [-0.25, -0.2) is 4.98 Å². The minimum absolute atomic E-state index is 0.197. The zero-order valence-electron chi connectivity index (χ0n) is 16.4. The van der Waals surface area contributed by atoms with Crippen molar-refractivity contribution >= 4 is 49.7 Å². The summed E-state index contributed by atoms with van der Waals surface area (Å²) in [6, 6.07) is 12.8. The fourth-order valence-corrected chi connectivity index (χ4v) is 4.20. The van der Waals surface area contributed by atoms with Crippen LogP contribution in [0.25, 0.3) is 49.7 Å². The van der Waals surface area contributed by atoms with Crippen molar-refractivity contribution in [3.05, 3.63) is 58.4 Å². The van der Waals surface area contributed by atoms with Gasteiger partial charge in [-0.05, 0) is 24.3 Å². The first-order valence-corrected chi connectivity index (χ1v) is 9.40. The number of hydrogen-bond acceptors (Lipinski definition) is 7. The molecule has 0 saturated heterocycles. The number of ether oxygens (including phenoxy) is 2. The number of para-hydroxylation sites is 2. The van der Waals surface area contributed by atoms with Gasteiger partial charge < -0.3 is 18.3 Å². The molecule has 0 bridgehead atoms. The van der Waals surface area contributed by atoms with Crippen molar-refractivity contribution in [1.82, 2.24) is 9.38 Å². The van der Waals surface area contributed by atoms with Crippen molar-refractivity contribution in [2.24, 2.45) is 0 Å². The Hall–Kier alpha value is -4.51. The summed E-state index contributed by atoms with van der Waals surface area (Å²) < 4.78 is 24.7. The van der Waals surface area contributed by atoms with E-state index in [1.165, 1.54) is 26.5 Å². The number of benzene rings is 2. The smallest absolute Gasteiger partial charge is 0.217 e. The van der Waals surface area contributed by atoms with E-state index in [1.807, 2.05) is 24.3 Å². The van der Waals surface area contributed by atoms with E-state index in [0.29, 0.717) is 33.4 Å². The highest BCUT2D eigenvalue weighted by Crippen LogP contribution is 2.43. The fourth-order valence-electron chi connectivity index (χ4n) is 4.20. The molecule has 0 aliphatic rings. The van der Waals surface area contributed by atoms with Crippen LogP contribution < -0.4 is 14.9 Å². The minimum atomic E-state index is -0.342. The second-order valence-electron chi connectivity index (χ2n) is 7.01. The van der Waals surface area contributed by atoms with E-state index >= 15 is 0 Å². The summed E-state index contributed by atoms with van der Waals surface area (Å²) in [4.78, 5) is 18.3. The molecule has 0 unspecified atom stereocenters. The maximum Gasteiger partial charge on any atom is 0.217 e. The molecule has 0 aliphatic carbocycles. The number of pyridine rings is 1.